The standard InChI is InChI=1S/C22H26N4S/c1-15-4-3-5-17(12-15)25-8-10-26(11-9-25)21-20-18-13-16(2)6-7-19(18)27-22(20)24-14-23-21/h3-5,12,14,16H,6-11,13H2,1-2H3. The molecule has 2 aromatic heterocycles. The molecular weight excluding hydrogens is 352 g/mol. The maximum Gasteiger partial charge on any atom is 0.141 e. The number of fused-ring (bicyclic) bond motifs is 3. The molecule has 1 aromatic carbocycles. The summed E-state index contributed by atoms with van der Waals surface area (Å²) in [7, 11) is 0. The summed E-state index contributed by atoms with van der Waals surface area (Å²) in [5.74, 6) is 1.93. The van der Waals surface area contributed by atoms with Gasteiger partial charge in [-0.2, -0.15) is 0 Å². The normalized spacial score (nSPS) is 20.1. The van der Waals surface area contributed by atoms with Crippen molar-refractivity contribution >= 4 is 33.1 Å². The van der Waals surface area contributed by atoms with Crippen molar-refractivity contribution in [3.05, 3.63) is 46.6 Å². The van der Waals surface area contributed by atoms with Gasteiger partial charge in [-0.25, -0.2) is 9.97 Å². The Labute approximate surface area is 164 Å². The van der Waals surface area contributed by atoms with Gasteiger partial charge in [0.2, 0.25) is 0 Å². The summed E-state index contributed by atoms with van der Waals surface area (Å²) < 4.78 is 0. The molecule has 2 aliphatic rings. The molecule has 5 heteroatoms. The van der Waals surface area contributed by atoms with E-state index < -0.39 is 0 Å². The van der Waals surface area contributed by atoms with Crippen LogP contribution in [-0.4, -0.2) is 36.1 Å². The van der Waals surface area contributed by atoms with Crippen molar-refractivity contribution in [2.75, 3.05) is 36.0 Å². The SMILES string of the molecule is Cc1cccc(N2CCN(c3ncnc4sc5c(c34)CC(C)CC5)CC2)c1. The fourth-order valence-corrected chi connectivity index (χ4v) is 5.68. The zero-order chi connectivity index (χ0) is 18.4. The molecule has 0 amide bonds. The summed E-state index contributed by atoms with van der Waals surface area (Å²) in [4.78, 5) is 17.1. The zero-order valence-corrected chi connectivity index (χ0v) is 16.9. The Balaban J connectivity index is 1.43. The average Bonchev–Trinajstić information content (AvgIpc) is 3.06. The van der Waals surface area contributed by atoms with Crippen LogP contribution < -0.4 is 9.80 Å². The summed E-state index contributed by atoms with van der Waals surface area (Å²) >= 11 is 1.89. The molecule has 1 aliphatic heterocycles. The largest absolute Gasteiger partial charge is 0.368 e. The van der Waals surface area contributed by atoms with E-state index in [0.29, 0.717) is 0 Å². The van der Waals surface area contributed by atoms with Crippen LogP contribution in [0.25, 0.3) is 10.2 Å². The first-order valence-corrected chi connectivity index (χ1v) is 10.8. The predicted octanol–water partition coefficient (Wildman–Crippen LogP) is 4.45. The van der Waals surface area contributed by atoms with Crippen LogP contribution in [0.4, 0.5) is 11.5 Å². The molecule has 1 saturated heterocycles. The number of piperazine rings is 1. The minimum Gasteiger partial charge on any atom is -0.368 e. The monoisotopic (exact) mass is 378 g/mol. The maximum atomic E-state index is 4.75. The van der Waals surface area contributed by atoms with Crippen LogP contribution >= 0.6 is 11.3 Å². The van der Waals surface area contributed by atoms with Crippen molar-refractivity contribution < 1.29 is 0 Å². The minimum absolute atomic E-state index is 0.765. The van der Waals surface area contributed by atoms with Gasteiger partial charge < -0.3 is 9.80 Å². The molecule has 3 aromatic rings. The third-order valence-electron chi connectivity index (χ3n) is 6.01. The van der Waals surface area contributed by atoms with Crippen LogP contribution in [0.1, 0.15) is 29.3 Å². The Kier molecular flexibility index (Phi) is 4.27. The number of benzene rings is 1. The van der Waals surface area contributed by atoms with Crippen molar-refractivity contribution in [3.63, 3.8) is 0 Å². The summed E-state index contributed by atoms with van der Waals surface area (Å²) in [6.45, 7) is 8.64. The van der Waals surface area contributed by atoms with E-state index in [4.69, 9.17) is 4.98 Å². The second-order valence-corrected chi connectivity index (χ2v) is 9.13. The molecule has 3 heterocycles. The van der Waals surface area contributed by atoms with Crippen molar-refractivity contribution in [2.24, 2.45) is 5.92 Å². The lowest BCUT2D eigenvalue weighted by atomic mass is 9.88. The molecular formula is C22H26N4S. The summed E-state index contributed by atoms with van der Waals surface area (Å²) in [6, 6.07) is 8.83. The van der Waals surface area contributed by atoms with E-state index in [1.807, 2.05) is 11.3 Å². The fraction of sp³-hybridized carbons (Fsp3) is 0.455. The van der Waals surface area contributed by atoms with Crippen molar-refractivity contribution in [3.8, 4) is 0 Å². The Morgan fingerprint density at radius 1 is 1.07 bits per heavy atom. The third-order valence-corrected chi connectivity index (χ3v) is 7.21. The van der Waals surface area contributed by atoms with Crippen molar-refractivity contribution in [2.45, 2.75) is 33.1 Å². The fourth-order valence-electron chi connectivity index (χ4n) is 4.51. The van der Waals surface area contributed by atoms with Gasteiger partial charge in [0.1, 0.15) is 17.0 Å². The molecule has 1 atom stereocenters. The molecule has 1 fully saturated rings. The van der Waals surface area contributed by atoms with Gasteiger partial charge in [0.15, 0.2) is 0 Å². The number of aryl methyl sites for hydroxylation is 2. The number of hydrogen-bond acceptors (Lipinski definition) is 5. The van der Waals surface area contributed by atoms with Gasteiger partial charge in [-0.15, -0.1) is 11.3 Å². The Bertz CT molecular complexity index is 972. The smallest absolute Gasteiger partial charge is 0.141 e. The first kappa shape index (κ1) is 17.0. The molecule has 4 nitrogen and oxygen atoms in total. The lowest BCUT2D eigenvalue weighted by Crippen LogP contribution is -2.47. The van der Waals surface area contributed by atoms with E-state index in [1.54, 1.807) is 11.2 Å². The van der Waals surface area contributed by atoms with Crippen molar-refractivity contribution in [1.82, 2.24) is 9.97 Å². The van der Waals surface area contributed by atoms with Crippen LogP contribution in [-0.2, 0) is 12.8 Å². The van der Waals surface area contributed by atoms with Gasteiger partial charge in [-0.3, -0.25) is 0 Å². The van der Waals surface area contributed by atoms with E-state index >= 15 is 0 Å². The number of rotatable bonds is 2. The molecule has 27 heavy (non-hydrogen) atoms. The van der Waals surface area contributed by atoms with Gasteiger partial charge in [0.25, 0.3) is 0 Å². The molecule has 1 aliphatic carbocycles. The van der Waals surface area contributed by atoms with Crippen LogP contribution in [0, 0.1) is 12.8 Å². The van der Waals surface area contributed by atoms with Crippen LogP contribution in [0.5, 0.6) is 0 Å². The summed E-state index contributed by atoms with van der Waals surface area (Å²) in [5, 5.41) is 1.34. The van der Waals surface area contributed by atoms with Gasteiger partial charge in [-0.1, -0.05) is 19.1 Å². The van der Waals surface area contributed by atoms with E-state index in [2.05, 4.69) is 52.9 Å². The Morgan fingerprint density at radius 3 is 2.70 bits per heavy atom. The molecule has 0 radical (unpaired) electrons. The van der Waals surface area contributed by atoms with E-state index in [-0.39, 0.29) is 0 Å². The molecule has 140 valence electrons. The number of thiophene rings is 1. The Morgan fingerprint density at radius 2 is 1.89 bits per heavy atom. The van der Waals surface area contributed by atoms with Crippen molar-refractivity contribution in [1.29, 1.82) is 0 Å². The lowest BCUT2D eigenvalue weighted by Gasteiger charge is -2.37. The molecule has 0 bridgehead atoms. The lowest BCUT2D eigenvalue weighted by molar-refractivity contribution is 0.508. The topological polar surface area (TPSA) is 32.3 Å². The van der Waals surface area contributed by atoms with E-state index in [0.717, 1.165) is 37.9 Å². The number of anilines is 2. The maximum absolute atomic E-state index is 4.75. The van der Waals surface area contributed by atoms with Crippen LogP contribution in [0.15, 0.2) is 30.6 Å². The highest BCUT2D eigenvalue weighted by molar-refractivity contribution is 7.19. The highest BCUT2D eigenvalue weighted by Gasteiger charge is 2.26. The predicted molar refractivity (Wildman–Crippen MR) is 114 cm³/mol. The first-order chi connectivity index (χ1) is 13.2. The second kappa shape index (κ2) is 6.79. The molecule has 5 rings (SSSR count). The quantitative estimate of drug-likeness (QED) is 0.659. The van der Waals surface area contributed by atoms with E-state index in [9.17, 15) is 0 Å². The van der Waals surface area contributed by atoms with Gasteiger partial charge >= 0.3 is 0 Å². The Hall–Kier alpha value is -2.14. The molecule has 1 unspecified atom stereocenters. The molecule has 0 saturated carbocycles. The highest BCUT2D eigenvalue weighted by Crippen LogP contribution is 2.40. The van der Waals surface area contributed by atoms with Crippen LogP contribution in [0.2, 0.25) is 0 Å². The van der Waals surface area contributed by atoms with Gasteiger partial charge in [-0.05, 0) is 55.4 Å². The number of aromatic nitrogens is 2. The van der Waals surface area contributed by atoms with Gasteiger partial charge in [0, 0.05) is 36.7 Å². The molecule has 0 spiro atoms. The van der Waals surface area contributed by atoms with Gasteiger partial charge in [0.05, 0.1) is 5.39 Å². The van der Waals surface area contributed by atoms with E-state index in [1.165, 1.54) is 46.3 Å². The number of nitrogens with zero attached hydrogens (tertiary/aromatic N) is 4. The van der Waals surface area contributed by atoms with Crippen LogP contribution in [0.3, 0.4) is 0 Å². The summed E-state index contributed by atoms with van der Waals surface area (Å²) in [5.41, 5.74) is 4.20. The number of hydrogen-bond donors (Lipinski definition) is 0. The minimum atomic E-state index is 0.765. The highest BCUT2D eigenvalue weighted by atomic mass is 32.1. The molecule has 0 N–H and O–H groups in total. The second-order valence-electron chi connectivity index (χ2n) is 8.04. The zero-order valence-electron chi connectivity index (χ0n) is 16.1. The third kappa shape index (κ3) is 3.08. The summed E-state index contributed by atoms with van der Waals surface area (Å²) in [6.07, 6.45) is 5.45. The average molecular weight is 379 g/mol. The first-order valence-electron chi connectivity index (χ1n) is 10.0.